The number of carbonyl (C=O) groups excluding carboxylic acids is 1. The molecule has 50 valence electrons. The molecule has 0 spiro atoms. The molecule has 1 rings (SSSR count). The third kappa shape index (κ3) is 1.40. The number of hydrogen-bond donors (Lipinski definition) is 1. The summed E-state index contributed by atoms with van der Waals surface area (Å²) in [6.45, 7) is 0. The van der Waals surface area contributed by atoms with Gasteiger partial charge in [-0.2, -0.15) is 0 Å². The van der Waals surface area contributed by atoms with Gasteiger partial charge in [0, 0.05) is 6.20 Å². The molecule has 0 fully saturated rings. The van der Waals surface area contributed by atoms with Crippen molar-refractivity contribution in [1.29, 1.82) is 0 Å². The first-order valence-corrected chi connectivity index (χ1v) is 4.11. The molecule has 1 aliphatic rings. The summed E-state index contributed by atoms with van der Waals surface area (Å²) in [6, 6.07) is -0.432. The molecule has 2 amide bonds. The van der Waals surface area contributed by atoms with E-state index in [2.05, 4.69) is 15.9 Å². The lowest BCUT2D eigenvalue weighted by molar-refractivity contribution is 0.229. The van der Waals surface area contributed by atoms with Crippen molar-refractivity contribution in [3.05, 3.63) is 11.6 Å². The standard InChI is InChI=1S/C4H5BrN2OS/c5-3-7(4(6)8)1-2-9-3/h1-3H,(H2,6,8). The van der Waals surface area contributed by atoms with Crippen LogP contribution in [0.5, 0.6) is 0 Å². The predicted octanol–water partition coefficient (Wildman–Crippen LogP) is 1.26. The molecule has 1 atom stereocenters. The van der Waals surface area contributed by atoms with E-state index in [1.165, 1.54) is 16.7 Å². The smallest absolute Gasteiger partial charge is 0.320 e. The molecule has 0 saturated heterocycles. The topological polar surface area (TPSA) is 46.3 Å². The number of amides is 2. The zero-order valence-corrected chi connectivity index (χ0v) is 6.85. The van der Waals surface area contributed by atoms with Gasteiger partial charge in [-0.05, 0) is 5.41 Å². The molecular weight excluding hydrogens is 204 g/mol. The van der Waals surface area contributed by atoms with Crippen molar-refractivity contribution in [3.8, 4) is 0 Å². The molecule has 0 aliphatic carbocycles. The van der Waals surface area contributed by atoms with Crippen LogP contribution < -0.4 is 5.73 Å². The van der Waals surface area contributed by atoms with Gasteiger partial charge in [0.2, 0.25) is 0 Å². The largest absolute Gasteiger partial charge is 0.351 e. The highest BCUT2D eigenvalue weighted by atomic mass is 79.9. The fraction of sp³-hybridized carbons (Fsp3) is 0.250. The van der Waals surface area contributed by atoms with Gasteiger partial charge >= 0.3 is 6.03 Å². The summed E-state index contributed by atoms with van der Waals surface area (Å²) in [5.74, 6) is 0. The quantitative estimate of drug-likeness (QED) is 0.482. The Bertz CT molecular complexity index is 161. The van der Waals surface area contributed by atoms with Crippen LogP contribution in [0, 0.1) is 0 Å². The van der Waals surface area contributed by atoms with E-state index in [1.807, 2.05) is 5.41 Å². The number of rotatable bonds is 0. The van der Waals surface area contributed by atoms with Crippen molar-refractivity contribution in [1.82, 2.24) is 4.90 Å². The molecule has 0 radical (unpaired) electrons. The Kier molecular flexibility index (Phi) is 2.02. The number of carbonyl (C=O) groups is 1. The van der Waals surface area contributed by atoms with Crippen molar-refractivity contribution < 1.29 is 4.79 Å². The molecule has 0 aromatic rings. The van der Waals surface area contributed by atoms with Crippen molar-refractivity contribution in [2.24, 2.45) is 5.73 Å². The van der Waals surface area contributed by atoms with Gasteiger partial charge in [-0.3, -0.25) is 4.90 Å². The van der Waals surface area contributed by atoms with Crippen LogP contribution in [0.15, 0.2) is 11.6 Å². The second-order valence-corrected chi connectivity index (χ2v) is 3.92. The number of halogens is 1. The Hall–Kier alpha value is -0.160. The molecule has 1 aliphatic heterocycles. The van der Waals surface area contributed by atoms with Crippen LogP contribution in [0.1, 0.15) is 0 Å². The molecule has 0 saturated carbocycles. The highest BCUT2D eigenvalue weighted by Gasteiger charge is 2.19. The number of primary amides is 1. The lowest BCUT2D eigenvalue weighted by atomic mass is 10.8. The minimum atomic E-state index is -0.432. The highest BCUT2D eigenvalue weighted by Crippen LogP contribution is 2.28. The third-order valence-electron chi connectivity index (χ3n) is 0.886. The van der Waals surface area contributed by atoms with Gasteiger partial charge in [0.1, 0.15) is 4.28 Å². The maximum absolute atomic E-state index is 10.5. The van der Waals surface area contributed by atoms with Crippen LogP contribution in [0.25, 0.3) is 0 Å². The van der Waals surface area contributed by atoms with Crippen molar-refractivity contribution in [2.75, 3.05) is 0 Å². The van der Waals surface area contributed by atoms with Crippen LogP contribution >= 0.6 is 27.7 Å². The third-order valence-corrected chi connectivity index (χ3v) is 2.70. The van der Waals surface area contributed by atoms with E-state index in [0.29, 0.717) is 0 Å². The second kappa shape index (κ2) is 2.62. The number of hydrogen-bond acceptors (Lipinski definition) is 2. The van der Waals surface area contributed by atoms with E-state index < -0.39 is 6.03 Å². The molecule has 2 N–H and O–H groups in total. The Morgan fingerprint density at radius 1 is 1.89 bits per heavy atom. The summed E-state index contributed by atoms with van der Waals surface area (Å²) in [5, 5.41) is 1.81. The monoisotopic (exact) mass is 208 g/mol. The fourth-order valence-electron chi connectivity index (χ4n) is 0.472. The van der Waals surface area contributed by atoms with Gasteiger partial charge in [-0.15, -0.1) is 0 Å². The van der Waals surface area contributed by atoms with Crippen molar-refractivity contribution in [2.45, 2.75) is 4.28 Å². The van der Waals surface area contributed by atoms with E-state index >= 15 is 0 Å². The van der Waals surface area contributed by atoms with Gasteiger partial charge in [0.05, 0.1) is 0 Å². The Morgan fingerprint density at radius 2 is 2.56 bits per heavy atom. The minimum absolute atomic E-state index is 0.0185. The van der Waals surface area contributed by atoms with Crippen LogP contribution in [-0.4, -0.2) is 15.2 Å². The predicted molar refractivity (Wildman–Crippen MR) is 40.9 cm³/mol. The van der Waals surface area contributed by atoms with Gasteiger partial charge < -0.3 is 5.73 Å². The fourth-order valence-corrected chi connectivity index (χ4v) is 1.82. The van der Waals surface area contributed by atoms with Crippen molar-refractivity contribution in [3.63, 3.8) is 0 Å². The number of urea groups is 1. The molecule has 9 heavy (non-hydrogen) atoms. The van der Waals surface area contributed by atoms with Gasteiger partial charge in [0.15, 0.2) is 0 Å². The summed E-state index contributed by atoms with van der Waals surface area (Å²) in [7, 11) is 0. The first-order valence-electron chi connectivity index (χ1n) is 2.26. The molecule has 5 heteroatoms. The normalized spacial score (nSPS) is 25.0. The Morgan fingerprint density at radius 3 is 2.78 bits per heavy atom. The molecule has 0 aromatic heterocycles. The van der Waals surface area contributed by atoms with Crippen LogP contribution in [0.3, 0.4) is 0 Å². The molecule has 1 unspecified atom stereocenters. The molecular formula is C4H5BrN2OS. The molecule has 0 aromatic carbocycles. The first kappa shape index (κ1) is 6.95. The molecule has 3 nitrogen and oxygen atoms in total. The SMILES string of the molecule is NC(=O)N1C=CSC1Br. The summed E-state index contributed by atoms with van der Waals surface area (Å²) >= 11 is 4.73. The lowest BCUT2D eigenvalue weighted by Gasteiger charge is -2.13. The Labute approximate surface area is 65.4 Å². The molecule has 1 heterocycles. The second-order valence-electron chi connectivity index (χ2n) is 1.46. The Balaban J connectivity index is 2.59. The van der Waals surface area contributed by atoms with Crippen LogP contribution in [-0.2, 0) is 0 Å². The van der Waals surface area contributed by atoms with Gasteiger partial charge in [-0.1, -0.05) is 27.7 Å². The number of nitrogens with zero attached hydrogens (tertiary/aromatic N) is 1. The average Bonchev–Trinajstić information content (AvgIpc) is 2.13. The van der Waals surface area contributed by atoms with E-state index in [-0.39, 0.29) is 4.28 Å². The average molecular weight is 209 g/mol. The number of thioether (sulfide) groups is 1. The molecule has 0 bridgehead atoms. The highest BCUT2D eigenvalue weighted by molar-refractivity contribution is 9.11. The van der Waals surface area contributed by atoms with E-state index in [4.69, 9.17) is 5.73 Å². The van der Waals surface area contributed by atoms with Crippen molar-refractivity contribution >= 4 is 33.7 Å². The summed E-state index contributed by atoms with van der Waals surface area (Å²) in [6.07, 6.45) is 1.65. The van der Waals surface area contributed by atoms with E-state index in [0.717, 1.165) is 0 Å². The van der Waals surface area contributed by atoms with E-state index in [1.54, 1.807) is 6.20 Å². The maximum atomic E-state index is 10.5. The van der Waals surface area contributed by atoms with E-state index in [9.17, 15) is 4.79 Å². The maximum Gasteiger partial charge on any atom is 0.320 e. The lowest BCUT2D eigenvalue weighted by Crippen LogP contribution is -2.32. The van der Waals surface area contributed by atoms with Gasteiger partial charge in [-0.25, -0.2) is 4.79 Å². The minimum Gasteiger partial charge on any atom is -0.351 e. The first-order chi connectivity index (χ1) is 4.22. The number of nitrogens with two attached hydrogens (primary N) is 1. The number of alkyl halides is 1. The van der Waals surface area contributed by atoms with Gasteiger partial charge in [0.25, 0.3) is 0 Å². The summed E-state index contributed by atoms with van der Waals surface area (Å²) in [5.41, 5.74) is 4.98. The zero-order valence-electron chi connectivity index (χ0n) is 4.45. The summed E-state index contributed by atoms with van der Waals surface area (Å²) in [4.78, 5) is 11.9. The van der Waals surface area contributed by atoms with Crippen LogP contribution in [0.4, 0.5) is 4.79 Å². The zero-order chi connectivity index (χ0) is 6.85. The van der Waals surface area contributed by atoms with Crippen LogP contribution in [0.2, 0.25) is 0 Å². The summed E-state index contributed by atoms with van der Waals surface area (Å²) < 4.78 is -0.0185.